The van der Waals surface area contributed by atoms with Gasteiger partial charge in [0.05, 0.1) is 23.2 Å². The Bertz CT molecular complexity index is 1080. The van der Waals surface area contributed by atoms with Crippen molar-refractivity contribution < 1.29 is 23.9 Å². The Morgan fingerprint density at radius 1 is 1.08 bits per heavy atom. The lowest BCUT2D eigenvalue weighted by Gasteiger charge is -2.55. The number of nitro benzene ring substituents is 1. The van der Waals surface area contributed by atoms with E-state index in [0.29, 0.717) is 41.1 Å². The van der Waals surface area contributed by atoms with Gasteiger partial charge in [0.25, 0.3) is 5.69 Å². The second kappa shape index (κ2) is 9.19. The molecule has 2 heterocycles. The highest BCUT2D eigenvalue weighted by atomic mass is 16.7. The maximum absolute atomic E-state index is 12.7. The summed E-state index contributed by atoms with van der Waals surface area (Å²) in [5, 5.41) is 10.9. The minimum Gasteiger partial charge on any atom is -0.459 e. The number of nitro groups is 1. The third kappa shape index (κ3) is 4.13. The predicted molar refractivity (Wildman–Crippen MR) is 138 cm³/mol. The Labute approximate surface area is 219 Å². The average molecular weight is 510 g/mol. The summed E-state index contributed by atoms with van der Waals surface area (Å²) in [5.41, 5.74) is 0.500. The molecule has 1 aromatic rings. The van der Waals surface area contributed by atoms with Gasteiger partial charge in [-0.25, -0.2) is 4.79 Å². The van der Waals surface area contributed by atoms with Gasteiger partial charge in [-0.2, -0.15) is 0 Å². The maximum atomic E-state index is 12.7. The highest BCUT2D eigenvalue weighted by Gasteiger charge is 2.61. The molecule has 200 valence electrons. The normalized spacial score (nSPS) is 44.5. The molecule has 5 aliphatic rings. The van der Waals surface area contributed by atoms with E-state index in [4.69, 9.17) is 14.2 Å². The summed E-state index contributed by atoms with van der Waals surface area (Å²) in [7, 11) is 0. The van der Waals surface area contributed by atoms with Crippen molar-refractivity contribution in [3.05, 3.63) is 52.1 Å². The largest absolute Gasteiger partial charge is 0.459 e. The third-order valence-electron chi connectivity index (χ3n) is 10.7. The van der Waals surface area contributed by atoms with E-state index < -0.39 is 16.7 Å². The first-order valence-electron chi connectivity index (χ1n) is 14.2. The Kier molecular flexibility index (Phi) is 6.22. The number of non-ortho nitro benzene ring substituents is 1. The first-order chi connectivity index (χ1) is 17.7. The molecule has 0 amide bonds. The molecular formula is C30H39NO6. The number of ether oxygens (including phenoxy) is 3. The lowest BCUT2D eigenvalue weighted by Crippen LogP contribution is -2.52. The van der Waals surface area contributed by atoms with Crippen LogP contribution >= 0.6 is 0 Å². The molecule has 6 rings (SSSR count). The molecule has 1 spiro atoms. The first-order valence-corrected chi connectivity index (χ1v) is 14.2. The Balaban J connectivity index is 1.14. The van der Waals surface area contributed by atoms with Gasteiger partial charge >= 0.3 is 5.97 Å². The van der Waals surface area contributed by atoms with Gasteiger partial charge in [-0.3, -0.25) is 10.1 Å². The molecule has 7 nitrogen and oxygen atoms in total. The number of fused-ring (bicyclic) bond motifs is 5. The number of rotatable bonds is 3. The van der Waals surface area contributed by atoms with Crippen LogP contribution in [0.2, 0.25) is 0 Å². The monoisotopic (exact) mass is 509 g/mol. The molecule has 7 heteroatoms. The SMILES string of the molecule is C[C@@H]1CC[C@]2(OC1)O[C@@H]1[C@@H]3C=C[C@@H]4C[C@H](OC(=O)c5ccc([N+](=O)[O-])cc5)CC[C@]4(C)[C@@H]3CC[C@H]1[C@@H]2C. The van der Waals surface area contributed by atoms with E-state index in [1.807, 2.05) is 0 Å². The van der Waals surface area contributed by atoms with E-state index in [1.54, 1.807) is 0 Å². The molecule has 4 fully saturated rings. The second-order valence-corrected chi connectivity index (χ2v) is 12.7. The van der Waals surface area contributed by atoms with Gasteiger partial charge in [0.2, 0.25) is 0 Å². The van der Waals surface area contributed by atoms with Crippen LogP contribution in [0.25, 0.3) is 0 Å². The molecule has 37 heavy (non-hydrogen) atoms. The summed E-state index contributed by atoms with van der Waals surface area (Å²) >= 11 is 0. The predicted octanol–water partition coefficient (Wildman–Crippen LogP) is 6.32. The quantitative estimate of drug-likeness (QED) is 0.205. The molecule has 2 saturated carbocycles. The summed E-state index contributed by atoms with van der Waals surface area (Å²) in [6, 6.07) is 5.65. The number of hydrogen-bond acceptors (Lipinski definition) is 6. The number of nitrogens with zero attached hydrogens (tertiary/aromatic N) is 1. The summed E-state index contributed by atoms with van der Waals surface area (Å²) in [4.78, 5) is 23.2. The zero-order valence-electron chi connectivity index (χ0n) is 22.1. The minimum absolute atomic E-state index is 0.0298. The molecule has 0 N–H and O–H groups in total. The molecule has 0 bridgehead atoms. The van der Waals surface area contributed by atoms with Crippen LogP contribution in [0, 0.1) is 51.0 Å². The fourth-order valence-corrected chi connectivity index (χ4v) is 8.35. The second-order valence-electron chi connectivity index (χ2n) is 12.7. The minimum atomic E-state index is -0.465. The van der Waals surface area contributed by atoms with Crippen LogP contribution in [0.15, 0.2) is 36.4 Å². The van der Waals surface area contributed by atoms with Crippen LogP contribution in [0.5, 0.6) is 0 Å². The van der Waals surface area contributed by atoms with Crippen LogP contribution < -0.4 is 0 Å². The fraction of sp³-hybridized carbons (Fsp3) is 0.700. The zero-order valence-corrected chi connectivity index (χ0v) is 22.1. The number of allylic oxidation sites excluding steroid dienone is 1. The van der Waals surface area contributed by atoms with Gasteiger partial charge in [-0.15, -0.1) is 0 Å². The van der Waals surface area contributed by atoms with E-state index >= 15 is 0 Å². The van der Waals surface area contributed by atoms with Crippen LogP contribution in [-0.4, -0.2) is 35.5 Å². The Hall–Kier alpha value is -2.25. The molecule has 3 aliphatic carbocycles. The highest BCUT2D eigenvalue weighted by Crippen LogP contribution is 2.62. The average Bonchev–Trinajstić information content (AvgIpc) is 3.17. The lowest BCUT2D eigenvalue weighted by atomic mass is 9.50. The lowest BCUT2D eigenvalue weighted by molar-refractivity contribution is -0.384. The zero-order chi connectivity index (χ0) is 25.9. The molecule has 0 radical (unpaired) electrons. The number of carbonyl (C=O) groups excluding carboxylic acids is 1. The van der Waals surface area contributed by atoms with Crippen molar-refractivity contribution in [3.8, 4) is 0 Å². The van der Waals surface area contributed by atoms with E-state index in [1.165, 1.54) is 43.5 Å². The van der Waals surface area contributed by atoms with Crippen molar-refractivity contribution in [2.75, 3.05) is 6.61 Å². The Morgan fingerprint density at radius 2 is 1.86 bits per heavy atom. The first kappa shape index (κ1) is 25.1. The van der Waals surface area contributed by atoms with Gasteiger partial charge in [0.15, 0.2) is 5.79 Å². The number of esters is 1. The Morgan fingerprint density at radius 3 is 2.57 bits per heavy atom. The highest BCUT2D eigenvalue weighted by molar-refractivity contribution is 5.89. The van der Waals surface area contributed by atoms with Gasteiger partial charge in [0.1, 0.15) is 6.10 Å². The topological polar surface area (TPSA) is 87.9 Å². The van der Waals surface area contributed by atoms with Gasteiger partial charge in [0, 0.05) is 30.4 Å². The van der Waals surface area contributed by atoms with Gasteiger partial charge in [-0.05, 0) is 79.7 Å². The molecule has 2 aliphatic heterocycles. The number of hydrogen-bond donors (Lipinski definition) is 0. The van der Waals surface area contributed by atoms with E-state index in [2.05, 4.69) is 32.9 Å². The number of carbonyl (C=O) groups is 1. The molecule has 1 aromatic carbocycles. The van der Waals surface area contributed by atoms with Crippen molar-refractivity contribution >= 4 is 11.7 Å². The number of benzene rings is 1. The van der Waals surface area contributed by atoms with Gasteiger partial charge in [-0.1, -0.05) is 32.9 Å². The fourth-order valence-electron chi connectivity index (χ4n) is 8.35. The summed E-state index contributed by atoms with van der Waals surface area (Å²) in [6.07, 6.45) is 12.2. The summed E-state index contributed by atoms with van der Waals surface area (Å²) in [5.74, 6) is 2.15. The van der Waals surface area contributed by atoms with Crippen LogP contribution in [0.3, 0.4) is 0 Å². The van der Waals surface area contributed by atoms with Crippen molar-refractivity contribution in [1.29, 1.82) is 0 Å². The van der Waals surface area contributed by atoms with Crippen molar-refractivity contribution in [3.63, 3.8) is 0 Å². The smallest absolute Gasteiger partial charge is 0.338 e. The van der Waals surface area contributed by atoms with E-state index in [-0.39, 0.29) is 23.3 Å². The van der Waals surface area contributed by atoms with Crippen molar-refractivity contribution in [2.24, 2.45) is 40.9 Å². The molecule has 2 saturated heterocycles. The molecule has 10 atom stereocenters. The van der Waals surface area contributed by atoms with Crippen molar-refractivity contribution in [2.45, 2.75) is 83.7 Å². The molecular weight excluding hydrogens is 470 g/mol. The molecule has 0 unspecified atom stereocenters. The van der Waals surface area contributed by atoms with E-state index in [9.17, 15) is 14.9 Å². The maximum Gasteiger partial charge on any atom is 0.338 e. The molecule has 0 aromatic heterocycles. The van der Waals surface area contributed by atoms with Gasteiger partial charge < -0.3 is 14.2 Å². The standard InChI is InChI=1S/C30H39NO6/c1-18-12-15-30(35-17-18)19(2)24-10-11-26-25(27(24)37-30)9-6-21-16-23(13-14-29(21,26)3)36-28(32)20-4-7-22(8-5-20)31(33)34/h4-9,18-19,21,23-27H,10-17H2,1-3H3/t18-,19+,21-,23-,24+,25-,26-,27+,29+,30+/m1/s1. The summed E-state index contributed by atoms with van der Waals surface area (Å²) < 4.78 is 19.2. The summed E-state index contributed by atoms with van der Waals surface area (Å²) in [6.45, 7) is 7.86. The van der Waals surface area contributed by atoms with Crippen LogP contribution in [-0.2, 0) is 14.2 Å². The van der Waals surface area contributed by atoms with Crippen LogP contribution in [0.1, 0.15) is 76.1 Å². The van der Waals surface area contributed by atoms with Crippen LogP contribution in [0.4, 0.5) is 5.69 Å². The van der Waals surface area contributed by atoms with Crippen molar-refractivity contribution in [1.82, 2.24) is 0 Å². The van der Waals surface area contributed by atoms with E-state index in [0.717, 1.165) is 32.3 Å². The third-order valence-corrected chi connectivity index (χ3v) is 10.7.